The fraction of sp³-hybridized carbons (Fsp3) is 0.545. The van der Waals surface area contributed by atoms with E-state index in [1.807, 2.05) is 32.0 Å². The smallest absolute Gasteiger partial charge is 0.312 e. The third kappa shape index (κ3) is 10.8. The van der Waals surface area contributed by atoms with Crippen molar-refractivity contribution < 1.29 is 28.3 Å². The van der Waals surface area contributed by atoms with Gasteiger partial charge in [0.15, 0.2) is 0 Å². The van der Waals surface area contributed by atoms with Crippen LogP contribution < -0.4 is 10.6 Å². The molecule has 1 aliphatic heterocycles. The van der Waals surface area contributed by atoms with Gasteiger partial charge in [-0.2, -0.15) is 0 Å². The molecule has 1 fully saturated rings. The number of piperazine rings is 1. The molecule has 1 heterocycles. The molecule has 0 bridgehead atoms. The monoisotopic (exact) mass is 636 g/mol. The largest absolute Gasteiger partial charge is 0.390 e. The summed E-state index contributed by atoms with van der Waals surface area (Å²) < 4.78 is 28.0. The Bertz CT molecular complexity index is 1210. The van der Waals surface area contributed by atoms with Crippen molar-refractivity contribution in [1.82, 2.24) is 20.4 Å². The van der Waals surface area contributed by atoms with Crippen molar-refractivity contribution in [3.63, 3.8) is 0 Å². The zero-order valence-electron chi connectivity index (χ0n) is 26.0. The van der Waals surface area contributed by atoms with Crippen molar-refractivity contribution in [2.45, 2.75) is 90.4 Å². The first-order valence-corrected chi connectivity index (χ1v) is 15.5. The van der Waals surface area contributed by atoms with Gasteiger partial charge >= 0.3 is 11.8 Å². The van der Waals surface area contributed by atoms with Crippen LogP contribution in [0.15, 0.2) is 42.5 Å². The maximum Gasteiger partial charge on any atom is 0.312 e. The number of benzene rings is 2. The Labute approximate surface area is 266 Å². The molecule has 3 N–H and O–H groups in total. The van der Waals surface area contributed by atoms with Crippen LogP contribution in [-0.2, 0) is 33.8 Å². The van der Waals surface area contributed by atoms with E-state index in [9.17, 15) is 28.3 Å². The number of unbranched alkanes of at least 4 members (excludes halogenated alkanes) is 2. The zero-order valence-corrected chi connectivity index (χ0v) is 26.8. The van der Waals surface area contributed by atoms with Crippen LogP contribution in [0.3, 0.4) is 0 Å². The number of nitrogens with zero attached hydrogens (tertiary/aromatic N) is 2. The molecule has 1 aliphatic rings. The van der Waals surface area contributed by atoms with Gasteiger partial charge in [0.05, 0.1) is 12.1 Å². The highest BCUT2D eigenvalue weighted by molar-refractivity contribution is 6.35. The number of nitrogens with one attached hydrogen (secondary N) is 2. The fourth-order valence-corrected chi connectivity index (χ4v) is 5.39. The lowest BCUT2D eigenvalue weighted by atomic mass is 9.99. The number of aryl methyl sites for hydroxylation is 1. The van der Waals surface area contributed by atoms with Gasteiger partial charge in [0.1, 0.15) is 17.7 Å². The molecule has 1 saturated heterocycles. The van der Waals surface area contributed by atoms with Crippen molar-refractivity contribution in [1.29, 1.82) is 0 Å². The molecule has 44 heavy (non-hydrogen) atoms. The second-order valence-electron chi connectivity index (χ2n) is 11.3. The molecule has 244 valence electrons. The van der Waals surface area contributed by atoms with E-state index in [1.165, 1.54) is 27.5 Å². The molecule has 0 aromatic heterocycles. The van der Waals surface area contributed by atoms with Gasteiger partial charge in [-0.3, -0.25) is 14.4 Å². The van der Waals surface area contributed by atoms with Gasteiger partial charge in [0, 0.05) is 38.8 Å². The maximum atomic E-state index is 14.0. The van der Waals surface area contributed by atoms with Crippen molar-refractivity contribution in [2.24, 2.45) is 0 Å². The van der Waals surface area contributed by atoms with E-state index in [-0.39, 0.29) is 37.5 Å². The molecule has 3 rings (SSSR count). The summed E-state index contributed by atoms with van der Waals surface area (Å²) in [5.74, 6) is -3.34. The third-order valence-corrected chi connectivity index (χ3v) is 7.89. The minimum atomic E-state index is -1.11. The number of halogens is 3. The van der Waals surface area contributed by atoms with E-state index in [0.717, 1.165) is 37.3 Å². The number of amides is 3. The molecule has 0 spiro atoms. The van der Waals surface area contributed by atoms with E-state index >= 15 is 0 Å². The lowest BCUT2D eigenvalue weighted by Crippen LogP contribution is -2.62. The van der Waals surface area contributed by atoms with Crippen molar-refractivity contribution >= 4 is 30.1 Å². The summed E-state index contributed by atoms with van der Waals surface area (Å²) in [4.78, 5) is 42.6. The fourth-order valence-electron chi connectivity index (χ4n) is 5.39. The Morgan fingerprint density at radius 1 is 0.932 bits per heavy atom. The van der Waals surface area contributed by atoms with Crippen LogP contribution in [0.5, 0.6) is 0 Å². The quantitative estimate of drug-likeness (QED) is 0.227. The molecule has 3 atom stereocenters. The summed E-state index contributed by atoms with van der Waals surface area (Å²) in [5, 5.41) is 17.3. The predicted molar refractivity (Wildman–Crippen MR) is 169 cm³/mol. The van der Waals surface area contributed by atoms with Crippen LogP contribution in [0.1, 0.15) is 69.6 Å². The van der Waals surface area contributed by atoms with Gasteiger partial charge < -0.3 is 25.5 Å². The minimum Gasteiger partial charge on any atom is -0.390 e. The van der Waals surface area contributed by atoms with E-state index in [4.69, 9.17) is 0 Å². The van der Waals surface area contributed by atoms with Crippen LogP contribution in [0.25, 0.3) is 0 Å². The lowest BCUT2D eigenvalue weighted by Gasteiger charge is -2.38. The second-order valence-corrected chi connectivity index (χ2v) is 11.3. The van der Waals surface area contributed by atoms with Crippen LogP contribution in [0, 0.1) is 11.6 Å². The number of aliphatic hydroxyl groups is 1. The van der Waals surface area contributed by atoms with Crippen LogP contribution in [0.4, 0.5) is 8.78 Å². The summed E-state index contributed by atoms with van der Waals surface area (Å²) in [6, 6.07) is 9.36. The highest BCUT2D eigenvalue weighted by Gasteiger charge is 2.39. The van der Waals surface area contributed by atoms with Gasteiger partial charge in [-0.05, 0) is 54.5 Å². The molecule has 0 saturated carbocycles. The van der Waals surface area contributed by atoms with E-state index in [2.05, 4.69) is 23.6 Å². The number of carbonyl (C=O) groups excluding carboxylic acids is 3. The van der Waals surface area contributed by atoms with Crippen molar-refractivity contribution in [2.75, 3.05) is 26.2 Å². The summed E-state index contributed by atoms with van der Waals surface area (Å²) in [6.07, 6.45) is 3.21. The summed E-state index contributed by atoms with van der Waals surface area (Å²) in [7, 11) is 0. The molecule has 0 radical (unpaired) electrons. The van der Waals surface area contributed by atoms with E-state index in [0.29, 0.717) is 32.5 Å². The molecule has 3 amide bonds. The maximum absolute atomic E-state index is 14.0. The summed E-state index contributed by atoms with van der Waals surface area (Å²) in [5.41, 5.74) is 2.51. The molecule has 0 aliphatic carbocycles. The Morgan fingerprint density at radius 2 is 1.61 bits per heavy atom. The molecular weight excluding hydrogens is 590 g/mol. The van der Waals surface area contributed by atoms with Gasteiger partial charge in [0.25, 0.3) is 0 Å². The van der Waals surface area contributed by atoms with Gasteiger partial charge in [-0.15, -0.1) is 12.4 Å². The van der Waals surface area contributed by atoms with Crippen molar-refractivity contribution in [3.05, 3.63) is 70.8 Å². The summed E-state index contributed by atoms with van der Waals surface area (Å²) >= 11 is 0. The Morgan fingerprint density at radius 3 is 2.27 bits per heavy atom. The second kappa shape index (κ2) is 18.7. The minimum absolute atomic E-state index is 0. The van der Waals surface area contributed by atoms with Crippen molar-refractivity contribution in [3.8, 4) is 0 Å². The average molecular weight is 637 g/mol. The highest BCUT2D eigenvalue weighted by atomic mass is 35.5. The number of aliphatic hydroxyl groups excluding tert-OH is 1. The molecule has 1 unspecified atom stereocenters. The Hall–Kier alpha value is -3.08. The Kier molecular flexibility index (Phi) is 15.7. The number of hydrogen-bond acceptors (Lipinski definition) is 5. The van der Waals surface area contributed by atoms with Gasteiger partial charge in [-0.25, -0.2) is 8.78 Å². The number of carbonyl (C=O) groups is 3. The number of hydrogen-bond donors (Lipinski definition) is 3. The van der Waals surface area contributed by atoms with Crippen LogP contribution in [-0.4, -0.2) is 77.0 Å². The number of rotatable bonds is 17. The SMILES string of the molecule is CCCCC(C(=O)N[C@@H](Cc1cc(F)cc(F)c1)[C@H](O)CNCc1cccc(CC)c1)N1CCN(CCCC)C(=O)C1=O.Cl. The van der Waals surface area contributed by atoms with Crippen LogP contribution >= 0.6 is 12.4 Å². The first kappa shape index (κ1) is 37.1. The average Bonchev–Trinajstić information content (AvgIpc) is 2.98. The Balaban J connectivity index is 0.00000675. The first-order chi connectivity index (χ1) is 20.7. The normalized spacial score (nSPS) is 15.5. The summed E-state index contributed by atoms with van der Waals surface area (Å²) in [6.45, 7) is 7.71. The lowest BCUT2D eigenvalue weighted by molar-refractivity contribution is -0.159. The standard InChI is InChI=1S/C33H46F2N4O4.ClH/c1-4-7-12-29(39-15-14-38(13-8-5-2)32(42)33(39)43)31(41)37-28(19-25-17-26(34)20-27(35)18-25)30(40)22-36-21-24-11-9-10-23(6-3)16-24;/h9-11,16-18,20,28-30,36,40H,4-8,12-15,19,21-22H2,1-3H3,(H,37,41);1H/t28-,29?,30+;/m0./s1. The molecule has 2 aromatic rings. The molecule has 11 heteroatoms. The van der Waals surface area contributed by atoms with Gasteiger partial charge in [0.2, 0.25) is 5.91 Å². The molecular formula is C33H47ClF2N4O4. The van der Waals surface area contributed by atoms with E-state index < -0.39 is 47.5 Å². The zero-order chi connectivity index (χ0) is 31.4. The predicted octanol–water partition coefficient (Wildman–Crippen LogP) is 4.16. The topological polar surface area (TPSA) is 102 Å². The third-order valence-electron chi connectivity index (χ3n) is 7.89. The first-order valence-electron chi connectivity index (χ1n) is 15.5. The van der Waals surface area contributed by atoms with Gasteiger partial charge in [-0.1, -0.05) is 64.3 Å². The van der Waals surface area contributed by atoms with Crippen LogP contribution in [0.2, 0.25) is 0 Å². The molecule has 2 aromatic carbocycles. The molecule has 8 nitrogen and oxygen atoms in total. The highest BCUT2D eigenvalue weighted by Crippen LogP contribution is 2.18. The van der Waals surface area contributed by atoms with E-state index in [1.54, 1.807) is 0 Å².